The summed E-state index contributed by atoms with van der Waals surface area (Å²) in [6, 6.07) is 69.0. The van der Waals surface area contributed by atoms with Crippen LogP contribution in [0.4, 0.5) is 0 Å². The maximum atomic E-state index is 2.49. The summed E-state index contributed by atoms with van der Waals surface area (Å²) in [5.74, 6) is 0. The Labute approximate surface area is 305 Å². The summed E-state index contributed by atoms with van der Waals surface area (Å²) in [6.07, 6.45) is 0. The molecule has 3 nitrogen and oxygen atoms in total. The fourth-order valence-electron chi connectivity index (χ4n) is 9.10. The Morgan fingerprint density at radius 1 is 0.245 bits per heavy atom. The Kier molecular flexibility index (Phi) is 5.77. The quantitative estimate of drug-likeness (QED) is 0.165. The molecule has 9 aromatic carbocycles. The summed E-state index contributed by atoms with van der Waals surface area (Å²) >= 11 is 0. The molecule has 3 heteroatoms. The normalized spacial score (nSPS) is 12.2. The van der Waals surface area contributed by atoms with Crippen LogP contribution in [0, 0.1) is 0 Å². The molecule has 0 atom stereocenters. The van der Waals surface area contributed by atoms with Gasteiger partial charge in [0, 0.05) is 49.4 Å². The van der Waals surface area contributed by atoms with Crippen molar-refractivity contribution >= 4 is 76.2 Å². The van der Waals surface area contributed by atoms with Gasteiger partial charge in [-0.25, -0.2) is 0 Å². The van der Waals surface area contributed by atoms with Crippen molar-refractivity contribution in [3.05, 3.63) is 188 Å². The van der Waals surface area contributed by atoms with Crippen molar-refractivity contribution in [3.8, 4) is 28.2 Å². The molecule has 0 saturated heterocycles. The second-order valence-corrected chi connectivity index (χ2v) is 14.2. The van der Waals surface area contributed by atoms with E-state index in [1.807, 2.05) is 0 Å². The first-order valence-corrected chi connectivity index (χ1v) is 18.3. The van der Waals surface area contributed by atoms with Crippen LogP contribution in [-0.4, -0.2) is 13.7 Å². The monoisotopic (exact) mass is 673 g/mol. The van der Waals surface area contributed by atoms with Gasteiger partial charge in [-0.2, -0.15) is 0 Å². The van der Waals surface area contributed by atoms with Crippen LogP contribution < -0.4 is 0 Å². The van der Waals surface area contributed by atoms with Crippen molar-refractivity contribution in [3.63, 3.8) is 0 Å². The minimum absolute atomic E-state index is 1.16. The molecule has 0 fully saturated rings. The number of para-hydroxylation sites is 4. The van der Waals surface area contributed by atoms with E-state index in [0.29, 0.717) is 0 Å². The highest BCUT2D eigenvalue weighted by Crippen LogP contribution is 2.43. The van der Waals surface area contributed by atoms with Gasteiger partial charge in [-0.3, -0.25) is 0 Å². The zero-order chi connectivity index (χ0) is 34.6. The average Bonchev–Trinajstić information content (AvgIpc) is 3.86. The summed E-state index contributed by atoms with van der Waals surface area (Å²) in [5, 5.41) is 10.2. The molecule has 0 aliphatic heterocycles. The van der Waals surface area contributed by atoms with E-state index in [2.05, 4.69) is 202 Å². The molecular weight excluding hydrogens is 643 g/mol. The number of hydrogen-bond donors (Lipinski definition) is 0. The summed E-state index contributed by atoms with van der Waals surface area (Å²) in [5.41, 5.74) is 13.2. The predicted octanol–water partition coefficient (Wildman–Crippen LogP) is 13.2. The Morgan fingerprint density at radius 2 is 0.774 bits per heavy atom. The Morgan fingerprint density at radius 3 is 1.47 bits per heavy atom. The third-order valence-electron chi connectivity index (χ3n) is 11.3. The molecule has 12 rings (SSSR count). The Balaban J connectivity index is 1.12. The van der Waals surface area contributed by atoms with Crippen LogP contribution in [0.25, 0.3) is 104 Å². The van der Waals surface area contributed by atoms with Crippen LogP contribution in [0.5, 0.6) is 0 Å². The van der Waals surface area contributed by atoms with E-state index in [1.165, 1.54) is 98.7 Å². The summed E-state index contributed by atoms with van der Waals surface area (Å²) in [7, 11) is 0. The van der Waals surface area contributed by atoms with E-state index >= 15 is 0 Å². The first kappa shape index (κ1) is 28.6. The van der Waals surface area contributed by atoms with Crippen molar-refractivity contribution in [2.24, 2.45) is 0 Å². The van der Waals surface area contributed by atoms with Gasteiger partial charge >= 0.3 is 0 Å². The van der Waals surface area contributed by atoms with Crippen LogP contribution in [-0.2, 0) is 0 Å². The number of nitrogens with zero attached hydrogens (tertiary/aromatic N) is 3. The molecule has 0 N–H and O–H groups in total. The molecule has 0 aliphatic carbocycles. The number of benzene rings is 9. The van der Waals surface area contributed by atoms with Gasteiger partial charge in [0.2, 0.25) is 0 Å². The molecular formula is C50H31N3. The molecule has 0 amide bonds. The third-order valence-corrected chi connectivity index (χ3v) is 11.3. The van der Waals surface area contributed by atoms with Crippen molar-refractivity contribution in [1.29, 1.82) is 0 Å². The van der Waals surface area contributed by atoms with Crippen LogP contribution in [0.15, 0.2) is 188 Å². The number of aromatic nitrogens is 3. The maximum Gasteiger partial charge on any atom is 0.0553 e. The van der Waals surface area contributed by atoms with Crippen LogP contribution in [0.1, 0.15) is 0 Å². The third kappa shape index (κ3) is 3.99. The standard InChI is InChI=1S/C50H31N3/c1-3-13-36(14-4-1)51-43-19-9-7-17-39(43)41-29-33(24-26-45(41)51)35-28-34-23-22-32-12-11-21-47-49(32)50(34)48(30-35)53(47)38-25-27-46-42(31-38)40-18-8-10-20-44(40)52(46)37-15-5-2-6-16-37/h1-31H. The summed E-state index contributed by atoms with van der Waals surface area (Å²) in [4.78, 5) is 0. The minimum Gasteiger partial charge on any atom is -0.309 e. The van der Waals surface area contributed by atoms with E-state index in [4.69, 9.17) is 0 Å². The molecule has 12 aromatic rings. The molecule has 0 spiro atoms. The van der Waals surface area contributed by atoms with Crippen molar-refractivity contribution in [1.82, 2.24) is 13.7 Å². The highest BCUT2D eigenvalue weighted by Gasteiger charge is 2.20. The van der Waals surface area contributed by atoms with Crippen molar-refractivity contribution < 1.29 is 0 Å². The lowest BCUT2D eigenvalue weighted by Crippen LogP contribution is -1.96. The average molecular weight is 674 g/mol. The number of rotatable bonds is 4. The largest absolute Gasteiger partial charge is 0.309 e. The molecule has 246 valence electrons. The molecule has 0 radical (unpaired) electrons. The number of fused-ring (bicyclic) bond motifs is 6. The Hall–Kier alpha value is -7.10. The molecule has 3 aromatic heterocycles. The highest BCUT2D eigenvalue weighted by molar-refractivity contribution is 6.25. The van der Waals surface area contributed by atoms with Gasteiger partial charge in [-0.05, 0) is 107 Å². The molecule has 0 saturated carbocycles. The van der Waals surface area contributed by atoms with Gasteiger partial charge in [0.1, 0.15) is 0 Å². The Bertz CT molecular complexity index is 3380. The van der Waals surface area contributed by atoms with Gasteiger partial charge in [0.05, 0.1) is 33.1 Å². The lowest BCUT2D eigenvalue weighted by molar-refractivity contribution is 1.17. The number of hydrogen-bond acceptors (Lipinski definition) is 0. The van der Waals surface area contributed by atoms with Gasteiger partial charge in [0.25, 0.3) is 0 Å². The lowest BCUT2D eigenvalue weighted by atomic mass is 9.96. The maximum absolute atomic E-state index is 2.49. The minimum atomic E-state index is 1.16. The van der Waals surface area contributed by atoms with Gasteiger partial charge < -0.3 is 13.7 Å². The van der Waals surface area contributed by atoms with Gasteiger partial charge in [-0.1, -0.05) is 103 Å². The molecule has 0 aliphatic rings. The van der Waals surface area contributed by atoms with Crippen molar-refractivity contribution in [2.75, 3.05) is 0 Å². The topological polar surface area (TPSA) is 14.8 Å². The van der Waals surface area contributed by atoms with E-state index in [9.17, 15) is 0 Å². The molecule has 53 heavy (non-hydrogen) atoms. The fourth-order valence-corrected chi connectivity index (χ4v) is 9.10. The zero-order valence-corrected chi connectivity index (χ0v) is 28.7. The van der Waals surface area contributed by atoms with E-state index in [-0.39, 0.29) is 0 Å². The lowest BCUT2D eigenvalue weighted by Gasteiger charge is -2.12. The van der Waals surface area contributed by atoms with Crippen LogP contribution in [0.2, 0.25) is 0 Å². The molecule has 0 bridgehead atoms. The zero-order valence-electron chi connectivity index (χ0n) is 28.7. The first-order valence-electron chi connectivity index (χ1n) is 18.3. The van der Waals surface area contributed by atoms with Gasteiger partial charge in [0.15, 0.2) is 0 Å². The van der Waals surface area contributed by atoms with E-state index in [0.717, 1.165) is 5.69 Å². The van der Waals surface area contributed by atoms with Crippen molar-refractivity contribution in [2.45, 2.75) is 0 Å². The first-order chi connectivity index (χ1) is 26.3. The van der Waals surface area contributed by atoms with E-state index in [1.54, 1.807) is 0 Å². The van der Waals surface area contributed by atoms with Crippen LogP contribution >= 0.6 is 0 Å². The van der Waals surface area contributed by atoms with Gasteiger partial charge in [-0.15, -0.1) is 0 Å². The van der Waals surface area contributed by atoms with Crippen LogP contribution in [0.3, 0.4) is 0 Å². The predicted molar refractivity (Wildman–Crippen MR) is 224 cm³/mol. The highest BCUT2D eigenvalue weighted by atomic mass is 15.0. The summed E-state index contributed by atoms with van der Waals surface area (Å²) < 4.78 is 7.26. The fraction of sp³-hybridized carbons (Fsp3) is 0. The molecule has 0 unspecified atom stereocenters. The SMILES string of the molecule is c1ccc(-n2c3ccccc3c3cc(-c4cc5ccc6cccc7c6c5c(c4)n7-c4ccc5c(c4)c4ccccc4n5-c4ccccc4)ccc32)cc1. The summed E-state index contributed by atoms with van der Waals surface area (Å²) in [6.45, 7) is 0. The van der Waals surface area contributed by atoms with E-state index < -0.39 is 0 Å². The second-order valence-electron chi connectivity index (χ2n) is 14.2. The smallest absolute Gasteiger partial charge is 0.0553 e. The molecule has 3 heterocycles. The second kappa shape index (κ2) is 10.7.